The Morgan fingerprint density at radius 1 is 1.07 bits per heavy atom. The predicted molar refractivity (Wildman–Crippen MR) is 123 cm³/mol. The van der Waals surface area contributed by atoms with Crippen LogP contribution in [0.4, 0.5) is 11.4 Å². The van der Waals surface area contributed by atoms with Crippen molar-refractivity contribution in [1.82, 2.24) is 4.90 Å². The summed E-state index contributed by atoms with van der Waals surface area (Å²) in [5.41, 5.74) is 8.45. The van der Waals surface area contributed by atoms with Gasteiger partial charge in [0, 0.05) is 42.6 Å². The topological polar surface area (TPSA) is 78.7 Å². The van der Waals surface area contributed by atoms with Crippen molar-refractivity contribution in [3.05, 3.63) is 65.7 Å². The van der Waals surface area contributed by atoms with Gasteiger partial charge in [-0.25, -0.2) is 0 Å². The maximum absolute atomic E-state index is 12.2. The number of carbonyl (C=O) groups is 2. The number of amides is 2. The van der Waals surface area contributed by atoms with Crippen LogP contribution in [0.5, 0.6) is 0 Å². The zero-order valence-corrected chi connectivity index (χ0v) is 17.7. The first kappa shape index (κ1) is 21.6. The van der Waals surface area contributed by atoms with Crippen LogP contribution in [0.2, 0.25) is 0 Å². The second-order valence-corrected chi connectivity index (χ2v) is 8.05. The van der Waals surface area contributed by atoms with Crippen molar-refractivity contribution in [3.63, 3.8) is 0 Å². The van der Waals surface area contributed by atoms with E-state index in [0.717, 1.165) is 36.8 Å². The molecule has 0 atom stereocenters. The highest BCUT2D eigenvalue weighted by Gasteiger charge is 2.19. The molecule has 30 heavy (non-hydrogen) atoms. The summed E-state index contributed by atoms with van der Waals surface area (Å²) < 4.78 is 0. The minimum atomic E-state index is -0.468. The van der Waals surface area contributed by atoms with E-state index < -0.39 is 5.91 Å². The van der Waals surface area contributed by atoms with Crippen LogP contribution in [0, 0.1) is 5.92 Å². The highest BCUT2D eigenvalue weighted by atomic mass is 16.1. The third kappa shape index (κ3) is 6.19. The van der Waals surface area contributed by atoms with Gasteiger partial charge in [-0.2, -0.15) is 0 Å². The SMILES string of the molecule is CN(C)CC1CCN(c2ccc(NC(=O)/C=C/c3ccc(C(N)=O)cc3)cc2)CC1. The lowest BCUT2D eigenvalue weighted by Gasteiger charge is -2.34. The number of hydrogen-bond acceptors (Lipinski definition) is 4. The number of rotatable bonds is 7. The summed E-state index contributed by atoms with van der Waals surface area (Å²) in [6.07, 6.45) is 5.60. The largest absolute Gasteiger partial charge is 0.372 e. The number of piperidine rings is 1. The van der Waals surface area contributed by atoms with Crippen LogP contribution in [-0.4, -0.2) is 50.4 Å². The van der Waals surface area contributed by atoms with Crippen molar-refractivity contribution < 1.29 is 9.59 Å². The van der Waals surface area contributed by atoms with Gasteiger partial charge >= 0.3 is 0 Å². The molecule has 3 rings (SSSR count). The van der Waals surface area contributed by atoms with E-state index in [9.17, 15) is 9.59 Å². The highest BCUT2D eigenvalue weighted by molar-refractivity contribution is 6.02. The van der Waals surface area contributed by atoms with E-state index in [2.05, 4.69) is 41.3 Å². The second kappa shape index (κ2) is 10.1. The van der Waals surface area contributed by atoms with Crippen molar-refractivity contribution >= 4 is 29.3 Å². The van der Waals surface area contributed by atoms with E-state index in [-0.39, 0.29) is 5.91 Å². The Morgan fingerprint density at radius 3 is 2.27 bits per heavy atom. The van der Waals surface area contributed by atoms with Gasteiger partial charge in [0.1, 0.15) is 0 Å². The molecule has 1 aliphatic rings. The third-order valence-corrected chi connectivity index (χ3v) is 5.36. The Balaban J connectivity index is 1.50. The van der Waals surface area contributed by atoms with Gasteiger partial charge in [0.05, 0.1) is 0 Å². The average molecular weight is 407 g/mol. The minimum absolute atomic E-state index is 0.203. The Kier molecular flexibility index (Phi) is 7.25. The van der Waals surface area contributed by atoms with Gasteiger partial charge in [0.2, 0.25) is 11.8 Å². The van der Waals surface area contributed by atoms with E-state index in [4.69, 9.17) is 5.73 Å². The minimum Gasteiger partial charge on any atom is -0.372 e. The molecule has 1 heterocycles. The van der Waals surface area contributed by atoms with Crippen LogP contribution >= 0.6 is 0 Å². The van der Waals surface area contributed by atoms with Gasteiger partial charge in [-0.05, 0) is 80.9 Å². The lowest BCUT2D eigenvalue weighted by atomic mass is 9.96. The van der Waals surface area contributed by atoms with E-state index >= 15 is 0 Å². The molecule has 158 valence electrons. The summed E-state index contributed by atoms with van der Waals surface area (Å²) in [5, 5.41) is 2.88. The zero-order chi connectivity index (χ0) is 21.5. The molecule has 0 saturated carbocycles. The second-order valence-electron chi connectivity index (χ2n) is 8.05. The average Bonchev–Trinajstić information content (AvgIpc) is 2.73. The molecule has 6 heteroatoms. The number of nitrogens with zero attached hydrogens (tertiary/aromatic N) is 2. The number of hydrogen-bond donors (Lipinski definition) is 2. The van der Waals surface area contributed by atoms with Crippen molar-refractivity contribution in [3.8, 4) is 0 Å². The van der Waals surface area contributed by atoms with Gasteiger partial charge in [-0.15, -0.1) is 0 Å². The molecule has 0 unspecified atom stereocenters. The molecule has 2 aromatic rings. The molecule has 2 amide bonds. The molecule has 0 spiro atoms. The first-order chi connectivity index (χ1) is 14.4. The molecule has 1 saturated heterocycles. The molecular formula is C24H30N4O2. The Bertz CT molecular complexity index is 880. The highest BCUT2D eigenvalue weighted by Crippen LogP contribution is 2.25. The van der Waals surface area contributed by atoms with Crippen LogP contribution in [0.3, 0.4) is 0 Å². The molecule has 0 radical (unpaired) electrons. The molecule has 3 N–H and O–H groups in total. The van der Waals surface area contributed by atoms with Crippen LogP contribution in [0.15, 0.2) is 54.6 Å². The maximum atomic E-state index is 12.2. The lowest BCUT2D eigenvalue weighted by Crippen LogP contribution is -2.37. The Labute approximate surface area is 178 Å². The summed E-state index contributed by atoms with van der Waals surface area (Å²) in [6.45, 7) is 3.30. The fourth-order valence-electron chi connectivity index (χ4n) is 3.76. The molecule has 1 aliphatic heterocycles. The Morgan fingerprint density at radius 2 is 1.70 bits per heavy atom. The van der Waals surface area contributed by atoms with Crippen LogP contribution < -0.4 is 16.0 Å². The molecule has 1 fully saturated rings. The lowest BCUT2D eigenvalue weighted by molar-refractivity contribution is -0.111. The third-order valence-electron chi connectivity index (χ3n) is 5.36. The number of primary amides is 1. The summed E-state index contributed by atoms with van der Waals surface area (Å²) in [4.78, 5) is 28.0. The number of benzene rings is 2. The van der Waals surface area contributed by atoms with Crippen molar-refractivity contribution in [1.29, 1.82) is 0 Å². The fraction of sp³-hybridized carbons (Fsp3) is 0.333. The molecule has 6 nitrogen and oxygen atoms in total. The molecule has 0 aromatic heterocycles. The van der Waals surface area contributed by atoms with E-state index in [1.54, 1.807) is 30.3 Å². The quantitative estimate of drug-likeness (QED) is 0.692. The smallest absolute Gasteiger partial charge is 0.248 e. The Hall–Kier alpha value is -3.12. The number of nitrogens with one attached hydrogen (secondary N) is 1. The molecule has 0 bridgehead atoms. The van der Waals surface area contributed by atoms with Crippen LogP contribution in [0.1, 0.15) is 28.8 Å². The number of carbonyl (C=O) groups excluding carboxylic acids is 2. The van der Waals surface area contributed by atoms with Gasteiger partial charge in [-0.3, -0.25) is 9.59 Å². The summed E-state index contributed by atoms with van der Waals surface area (Å²) in [6, 6.07) is 14.8. The van der Waals surface area contributed by atoms with Crippen molar-refractivity contribution in [2.45, 2.75) is 12.8 Å². The summed E-state index contributed by atoms with van der Waals surface area (Å²) in [7, 11) is 4.27. The first-order valence-electron chi connectivity index (χ1n) is 10.3. The van der Waals surface area contributed by atoms with Crippen LogP contribution in [-0.2, 0) is 4.79 Å². The predicted octanol–water partition coefficient (Wildman–Crippen LogP) is 3.22. The maximum Gasteiger partial charge on any atom is 0.248 e. The molecule has 0 aliphatic carbocycles. The van der Waals surface area contributed by atoms with Gasteiger partial charge in [0.25, 0.3) is 0 Å². The van der Waals surface area contributed by atoms with E-state index in [1.165, 1.54) is 24.6 Å². The zero-order valence-electron chi connectivity index (χ0n) is 17.7. The van der Waals surface area contributed by atoms with E-state index in [1.807, 2.05) is 12.1 Å². The normalized spacial score (nSPS) is 15.0. The van der Waals surface area contributed by atoms with E-state index in [0.29, 0.717) is 5.56 Å². The van der Waals surface area contributed by atoms with Crippen molar-refractivity contribution in [2.75, 3.05) is 43.9 Å². The monoisotopic (exact) mass is 406 g/mol. The van der Waals surface area contributed by atoms with Crippen LogP contribution in [0.25, 0.3) is 6.08 Å². The standard InChI is InChI=1S/C24H30N4O2/c1-27(2)17-19-13-15-28(16-14-19)22-10-8-21(9-11-22)26-23(29)12-5-18-3-6-20(7-4-18)24(25)30/h3-12,19H,13-17H2,1-2H3,(H2,25,30)(H,26,29)/b12-5+. The van der Waals surface area contributed by atoms with Gasteiger partial charge < -0.3 is 20.9 Å². The van der Waals surface area contributed by atoms with Crippen molar-refractivity contribution in [2.24, 2.45) is 11.7 Å². The number of nitrogens with two attached hydrogens (primary N) is 1. The first-order valence-corrected chi connectivity index (χ1v) is 10.3. The fourth-order valence-corrected chi connectivity index (χ4v) is 3.76. The molecular weight excluding hydrogens is 376 g/mol. The van der Waals surface area contributed by atoms with Gasteiger partial charge in [0.15, 0.2) is 0 Å². The summed E-state index contributed by atoms with van der Waals surface area (Å²) in [5.74, 6) is 0.101. The van der Waals surface area contributed by atoms with Gasteiger partial charge in [-0.1, -0.05) is 12.1 Å². The summed E-state index contributed by atoms with van der Waals surface area (Å²) >= 11 is 0. The number of anilines is 2. The molecule has 2 aromatic carbocycles.